The van der Waals surface area contributed by atoms with Crippen LogP contribution in [0.1, 0.15) is 34.7 Å². The minimum Gasteiger partial charge on any atom is -0.507 e. The molecule has 0 saturated carbocycles. The normalized spacial score (nSPS) is 12.1. The number of carbonyl (C=O) groups is 1. The number of esters is 1. The summed E-state index contributed by atoms with van der Waals surface area (Å²) in [5, 5.41) is 12.9. The van der Waals surface area contributed by atoms with E-state index in [0.29, 0.717) is 29.9 Å². The van der Waals surface area contributed by atoms with Gasteiger partial charge in [-0.25, -0.2) is 0 Å². The highest BCUT2D eigenvalue weighted by atomic mass is 16.5. The zero-order valence-corrected chi connectivity index (χ0v) is 22.9. The predicted octanol–water partition coefficient (Wildman–Crippen LogP) is 4.14. The van der Waals surface area contributed by atoms with Gasteiger partial charge in [0.25, 0.3) is 11.1 Å². The summed E-state index contributed by atoms with van der Waals surface area (Å²) in [7, 11) is 4.42. The van der Waals surface area contributed by atoms with Crippen molar-refractivity contribution in [1.29, 1.82) is 0 Å². The van der Waals surface area contributed by atoms with E-state index in [-0.39, 0.29) is 28.9 Å². The van der Waals surface area contributed by atoms with E-state index in [4.69, 9.17) is 9.47 Å². The number of nitrogens with zero attached hydrogens (tertiary/aromatic N) is 2. The van der Waals surface area contributed by atoms with Crippen molar-refractivity contribution in [3.05, 3.63) is 104 Å². The molecule has 5 aromatic rings. The standard InChI is InChI=1S/C31H31N3O6/c1-18-13-27(35)29(31(38)34(18)12-11-20-17-32-25-8-6-5-7-22(20)25)23(16-28(36)40-4)24-14-19-9-10-21(39-3)15-26(19)33(2)30(24)37/h5-10,13-15,17,23,32,35H,11-12,16H2,1-4H3/t23-/m0/s1. The lowest BCUT2D eigenvalue weighted by Crippen LogP contribution is -2.32. The van der Waals surface area contributed by atoms with Crippen molar-refractivity contribution in [1.82, 2.24) is 14.1 Å². The lowest BCUT2D eigenvalue weighted by Gasteiger charge is -2.21. The van der Waals surface area contributed by atoms with Crippen molar-refractivity contribution < 1.29 is 19.4 Å². The third kappa shape index (κ3) is 4.75. The molecule has 2 aromatic carbocycles. The molecule has 0 fully saturated rings. The smallest absolute Gasteiger partial charge is 0.306 e. The van der Waals surface area contributed by atoms with E-state index in [2.05, 4.69) is 4.98 Å². The molecule has 0 saturated heterocycles. The van der Waals surface area contributed by atoms with E-state index < -0.39 is 17.4 Å². The Bertz CT molecular complexity index is 1860. The van der Waals surface area contributed by atoms with Gasteiger partial charge in [-0.3, -0.25) is 14.4 Å². The fourth-order valence-corrected chi connectivity index (χ4v) is 5.41. The molecule has 0 amide bonds. The van der Waals surface area contributed by atoms with E-state index in [1.54, 1.807) is 49.9 Å². The minimum atomic E-state index is -1.02. The Labute approximate surface area is 230 Å². The van der Waals surface area contributed by atoms with Gasteiger partial charge >= 0.3 is 5.97 Å². The summed E-state index contributed by atoms with van der Waals surface area (Å²) in [5.74, 6) is -1.30. The highest BCUT2D eigenvalue weighted by Crippen LogP contribution is 2.33. The third-order valence-electron chi connectivity index (χ3n) is 7.59. The molecule has 206 valence electrons. The predicted molar refractivity (Wildman–Crippen MR) is 153 cm³/mol. The number of methoxy groups -OCH3 is 2. The van der Waals surface area contributed by atoms with Crippen molar-refractivity contribution in [2.45, 2.75) is 32.2 Å². The molecule has 0 aliphatic rings. The van der Waals surface area contributed by atoms with E-state index in [1.807, 2.05) is 30.5 Å². The lowest BCUT2D eigenvalue weighted by molar-refractivity contribution is -0.140. The quantitative estimate of drug-likeness (QED) is 0.285. The maximum Gasteiger partial charge on any atom is 0.306 e. The van der Waals surface area contributed by atoms with Gasteiger partial charge in [0.05, 0.1) is 31.7 Å². The number of hydrogen-bond acceptors (Lipinski definition) is 6. The molecule has 5 rings (SSSR count). The second kappa shape index (κ2) is 10.8. The molecular formula is C31H31N3O6. The first-order chi connectivity index (χ1) is 19.2. The Kier molecular flexibility index (Phi) is 7.21. The highest BCUT2D eigenvalue weighted by molar-refractivity contribution is 5.83. The number of aromatic hydroxyl groups is 1. The Morgan fingerprint density at radius 1 is 1.05 bits per heavy atom. The summed E-state index contributed by atoms with van der Waals surface area (Å²) in [6, 6.07) is 16.4. The van der Waals surface area contributed by atoms with Gasteiger partial charge in [0.2, 0.25) is 0 Å². The fraction of sp³-hybridized carbons (Fsp3) is 0.258. The van der Waals surface area contributed by atoms with Crippen LogP contribution in [0.15, 0.2) is 70.4 Å². The molecule has 40 heavy (non-hydrogen) atoms. The van der Waals surface area contributed by atoms with Crippen LogP contribution in [0.5, 0.6) is 11.5 Å². The summed E-state index contributed by atoms with van der Waals surface area (Å²) in [4.78, 5) is 43.4. The number of pyridine rings is 2. The number of rotatable bonds is 8. The molecular weight excluding hydrogens is 510 g/mol. The van der Waals surface area contributed by atoms with Gasteiger partial charge in [-0.15, -0.1) is 0 Å². The van der Waals surface area contributed by atoms with E-state index >= 15 is 0 Å². The zero-order valence-electron chi connectivity index (χ0n) is 22.9. The van der Waals surface area contributed by atoms with E-state index in [0.717, 1.165) is 21.9 Å². The van der Waals surface area contributed by atoms with Gasteiger partial charge < -0.3 is 28.7 Å². The van der Waals surface area contributed by atoms with Gasteiger partial charge in [-0.2, -0.15) is 0 Å². The SMILES string of the molecule is COC(=O)C[C@H](c1c(O)cc(C)n(CCc2c[nH]c3ccccc23)c1=O)c1cc2ccc(OC)cc2n(C)c1=O. The molecule has 3 aromatic heterocycles. The van der Waals surface area contributed by atoms with Crippen LogP contribution in [0.25, 0.3) is 21.8 Å². The average molecular weight is 542 g/mol. The first kappa shape index (κ1) is 26.8. The van der Waals surface area contributed by atoms with Gasteiger partial charge in [0.1, 0.15) is 11.5 Å². The van der Waals surface area contributed by atoms with Gasteiger partial charge in [0, 0.05) is 53.9 Å². The van der Waals surface area contributed by atoms with Crippen LogP contribution in [-0.4, -0.2) is 39.4 Å². The van der Waals surface area contributed by atoms with E-state index in [9.17, 15) is 19.5 Å². The molecule has 0 spiro atoms. The maximum absolute atomic E-state index is 14.0. The molecule has 0 aliphatic heterocycles. The van der Waals surface area contributed by atoms with Crippen molar-refractivity contribution >= 4 is 27.8 Å². The average Bonchev–Trinajstić information content (AvgIpc) is 3.37. The number of hydrogen-bond donors (Lipinski definition) is 2. The number of benzene rings is 2. The van der Waals surface area contributed by atoms with E-state index in [1.165, 1.54) is 17.7 Å². The molecule has 0 aliphatic carbocycles. The number of aromatic amines is 1. The van der Waals surface area contributed by atoms with Crippen molar-refractivity contribution in [3.63, 3.8) is 0 Å². The van der Waals surface area contributed by atoms with Crippen LogP contribution in [-0.2, 0) is 29.5 Å². The number of H-pyrrole nitrogens is 1. The first-order valence-corrected chi connectivity index (χ1v) is 13.0. The van der Waals surface area contributed by atoms with Crippen LogP contribution in [0.3, 0.4) is 0 Å². The first-order valence-electron chi connectivity index (χ1n) is 13.0. The summed E-state index contributed by atoms with van der Waals surface area (Å²) < 4.78 is 13.3. The monoisotopic (exact) mass is 541 g/mol. The third-order valence-corrected chi connectivity index (χ3v) is 7.59. The number of nitrogens with one attached hydrogen (secondary N) is 1. The number of fused-ring (bicyclic) bond motifs is 2. The molecule has 1 atom stereocenters. The summed E-state index contributed by atoms with van der Waals surface area (Å²) in [5.41, 5.74) is 2.63. The van der Waals surface area contributed by atoms with Crippen LogP contribution in [0.2, 0.25) is 0 Å². The number of para-hydroxylation sites is 1. The molecule has 0 radical (unpaired) electrons. The summed E-state index contributed by atoms with van der Waals surface area (Å²) >= 11 is 0. The Hall–Kier alpha value is -4.79. The molecule has 0 unspecified atom stereocenters. The van der Waals surface area contributed by atoms with Crippen LogP contribution >= 0.6 is 0 Å². The number of ether oxygens (including phenoxy) is 2. The van der Waals surface area contributed by atoms with Crippen LogP contribution in [0, 0.1) is 6.92 Å². The highest BCUT2D eigenvalue weighted by Gasteiger charge is 2.29. The molecule has 3 heterocycles. The zero-order chi connectivity index (χ0) is 28.6. The summed E-state index contributed by atoms with van der Waals surface area (Å²) in [6.07, 6.45) is 2.21. The number of aromatic nitrogens is 3. The lowest BCUT2D eigenvalue weighted by atomic mass is 9.88. The van der Waals surface area contributed by atoms with Crippen LogP contribution < -0.4 is 15.9 Å². The molecule has 9 heteroatoms. The Morgan fingerprint density at radius 2 is 1.82 bits per heavy atom. The minimum absolute atomic E-state index is 0.0140. The Morgan fingerprint density at radius 3 is 2.58 bits per heavy atom. The second-order valence-electron chi connectivity index (χ2n) is 9.87. The topological polar surface area (TPSA) is 116 Å². The maximum atomic E-state index is 14.0. The molecule has 0 bridgehead atoms. The van der Waals surface area contributed by atoms with Crippen molar-refractivity contribution in [3.8, 4) is 11.5 Å². The fourth-order valence-electron chi connectivity index (χ4n) is 5.41. The molecule has 9 nitrogen and oxygen atoms in total. The van der Waals surface area contributed by atoms with Gasteiger partial charge in [-0.1, -0.05) is 18.2 Å². The van der Waals surface area contributed by atoms with Gasteiger partial charge in [-0.05, 0) is 54.6 Å². The van der Waals surface area contributed by atoms with Gasteiger partial charge in [0.15, 0.2) is 0 Å². The van der Waals surface area contributed by atoms with Crippen LogP contribution in [0.4, 0.5) is 0 Å². The van der Waals surface area contributed by atoms with Crippen molar-refractivity contribution in [2.24, 2.45) is 7.05 Å². The number of carbonyl (C=O) groups excluding carboxylic acids is 1. The molecule has 2 N–H and O–H groups in total. The second-order valence-corrected chi connectivity index (χ2v) is 9.87. The largest absolute Gasteiger partial charge is 0.507 e. The summed E-state index contributed by atoms with van der Waals surface area (Å²) in [6.45, 7) is 2.10. The Balaban J connectivity index is 1.63. The number of aryl methyl sites for hydroxylation is 3. The van der Waals surface area contributed by atoms with Crippen molar-refractivity contribution in [2.75, 3.05) is 14.2 Å².